The van der Waals surface area contributed by atoms with Gasteiger partial charge in [0.15, 0.2) is 0 Å². The first-order chi connectivity index (χ1) is 6.29. The average Bonchev–Trinajstić information content (AvgIpc) is 1.85. The molecule has 0 saturated carbocycles. The third kappa shape index (κ3) is 31800. The van der Waals surface area contributed by atoms with Crippen LogP contribution in [0.4, 0.5) is 0 Å². The minimum atomic E-state index is -0.611. The standard InChI is InChI=1S/2C2H6OS.2C2H6O/c2*1-4(2)3;2*1-2-3/h2*1-2H3;2*3H,2H2,1H3. The first-order valence-electron chi connectivity index (χ1n) is 4.01. The van der Waals surface area contributed by atoms with Gasteiger partial charge >= 0.3 is 0 Å². The zero-order chi connectivity index (χ0) is 12.6. The zero-order valence-electron chi connectivity index (χ0n) is 9.94. The van der Waals surface area contributed by atoms with E-state index in [2.05, 4.69) is 0 Å². The molecule has 0 heterocycles. The van der Waals surface area contributed by atoms with Crippen LogP contribution >= 0.6 is 0 Å². The van der Waals surface area contributed by atoms with Crippen molar-refractivity contribution in [3.05, 3.63) is 0 Å². The van der Waals surface area contributed by atoms with Gasteiger partial charge in [0.05, 0.1) is 0 Å². The van der Waals surface area contributed by atoms with E-state index in [0.717, 1.165) is 0 Å². The van der Waals surface area contributed by atoms with Gasteiger partial charge in [-0.1, -0.05) is 0 Å². The minimum Gasteiger partial charge on any atom is -0.397 e. The molecule has 0 atom stereocenters. The molecule has 0 fully saturated rings. The van der Waals surface area contributed by atoms with E-state index in [1.165, 1.54) is 0 Å². The summed E-state index contributed by atoms with van der Waals surface area (Å²) in [5.41, 5.74) is 0. The lowest BCUT2D eigenvalue weighted by Gasteiger charge is -1.60. The lowest BCUT2D eigenvalue weighted by molar-refractivity contribution is 0.318. The van der Waals surface area contributed by atoms with Crippen LogP contribution in [0.2, 0.25) is 0 Å². The highest BCUT2D eigenvalue weighted by Gasteiger charge is 1.58. The number of hydrogen-bond donors (Lipinski definition) is 2. The normalized spacial score (nSPS) is 7.57. The van der Waals surface area contributed by atoms with Crippen molar-refractivity contribution in [1.82, 2.24) is 0 Å². The Balaban J connectivity index is -0.0000000482. The van der Waals surface area contributed by atoms with Gasteiger partial charge in [-0.05, 0) is 13.8 Å². The van der Waals surface area contributed by atoms with Crippen molar-refractivity contribution >= 4 is 21.6 Å². The summed E-state index contributed by atoms with van der Waals surface area (Å²) >= 11 is 0. The van der Waals surface area contributed by atoms with Crippen LogP contribution in [0.15, 0.2) is 0 Å². The van der Waals surface area contributed by atoms with E-state index in [4.69, 9.17) is 10.2 Å². The molecule has 6 heteroatoms. The summed E-state index contributed by atoms with van der Waals surface area (Å²) in [4.78, 5) is 0. The quantitative estimate of drug-likeness (QED) is 0.632. The molecule has 0 bridgehead atoms. The Morgan fingerprint density at radius 1 is 0.786 bits per heavy atom. The van der Waals surface area contributed by atoms with Crippen molar-refractivity contribution in [2.24, 2.45) is 0 Å². The highest BCUT2D eigenvalue weighted by Crippen LogP contribution is 1.47. The Bertz CT molecular complexity index is 95.9. The van der Waals surface area contributed by atoms with Gasteiger partial charge in [0, 0.05) is 59.8 Å². The molecule has 14 heavy (non-hydrogen) atoms. The second kappa shape index (κ2) is 29.2. The zero-order valence-corrected chi connectivity index (χ0v) is 11.6. The Hall–Kier alpha value is 0.220. The van der Waals surface area contributed by atoms with E-state index in [9.17, 15) is 8.42 Å². The van der Waals surface area contributed by atoms with Crippen molar-refractivity contribution in [3.63, 3.8) is 0 Å². The average molecular weight is 248 g/mol. The molecule has 0 aliphatic heterocycles. The molecule has 92 valence electrons. The second-order valence-electron chi connectivity index (χ2n) is 2.12. The largest absolute Gasteiger partial charge is 0.397 e. The first kappa shape index (κ1) is 23.8. The van der Waals surface area contributed by atoms with Crippen molar-refractivity contribution in [2.75, 3.05) is 38.2 Å². The number of aliphatic hydroxyl groups is 2. The SMILES string of the molecule is CCO.CCO.CS(C)=O.CS(C)=O. The Kier molecular flexibility index (Phi) is 49.7. The summed E-state index contributed by atoms with van der Waals surface area (Å²) in [5, 5.41) is 15.1. The molecule has 0 aliphatic rings. The van der Waals surface area contributed by atoms with E-state index in [-0.39, 0.29) is 13.2 Å². The fourth-order valence-electron chi connectivity index (χ4n) is 0. The fourth-order valence-corrected chi connectivity index (χ4v) is 0. The second-order valence-corrected chi connectivity index (χ2v) is 5.08. The van der Waals surface area contributed by atoms with Gasteiger partial charge in [0.1, 0.15) is 0 Å². The molecule has 0 spiro atoms. The van der Waals surface area contributed by atoms with Crippen LogP contribution in [0.1, 0.15) is 13.8 Å². The molecule has 2 N–H and O–H groups in total. The molecule has 0 aliphatic carbocycles. The Labute approximate surface area is 92.6 Å². The van der Waals surface area contributed by atoms with E-state index in [1.54, 1.807) is 38.9 Å². The Morgan fingerprint density at radius 2 is 0.786 bits per heavy atom. The summed E-state index contributed by atoms with van der Waals surface area (Å²) in [7, 11) is -1.22. The van der Waals surface area contributed by atoms with Gasteiger partial charge in [-0.3, -0.25) is 8.42 Å². The minimum absolute atomic E-state index is 0.250. The first-order valence-corrected chi connectivity index (χ1v) is 7.95. The topological polar surface area (TPSA) is 74.6 Å². The molecule has 0 saturated heterocycles. The van der Waals surface area contributed by atoms with Crippen molar-refractivity contribution in [3.8, 4) is 0 Å². The summed E-state index contributed by atoms with van der Waals surface area (Å²) in [5.74, 6) is 0. The van der Waals surface area contributed by atoms with Gasteiger partial charge in [-0.15, -0.1) is 0 Å². The molecule has 0 aromatic rings. The lowest BCUT2D eigenvalue weighted by atomic mass is 10.9. The molecule has 0 unspecified atom stereocenters. The predicted molar refractivity (Wildman–Crippen MR) is 65.5 cm³/mol. The smallest absolute Gasteiger partial charge is 0.0402 e. The maximum Gasteiger partial charge on any atom is 0.0402 e. The highest BCUT2D eigenvalue weighted by molar-refractivity contribution is 7.83. The molecule has 4 nitrogen and oxygen atoms in total. The fraction of sp³-hybridized carbons (Fsp3) is 1.00. The third-order valence-electron chi connectivity index (χ3n) is 0. The van der Waals surface area contributed by atoms with Gasteiger partial charge in [0.2, 0.25) is 0 Å². The van der Waals surface area contributed by atoms with E-state index >= 15 is 0 Å². The third-order valence-corrected chi connectivity index (χ3v) is 0. The van der Waals surface area contributed by atoms with Crippen LogP contribution in [-0.2, 0) is 21.6 Å². The highest BCUT2D eigenvalue weighted by atomic mass is 32.2. The predicted octanol–water partition coefficient (Wildman–Crippen LogP) is -0.0134. The van der Waals surface area contributed by atoms with Crippen molar-refractivity contribution in [2.45, 2.75) is 13.8 Å². The van der Waals surface area contributed by atoms with Crippen LogP contribution in [0.3, 0.4) is 0 Å². The number of aliphatic hydroxyl groups excluding tert-OH is 2. The van der Waals surface area contributed by atoms with Gasteiger partial charge in [-0.25, -0.2) is 0 Å². The maximum atomic E-state index is 9.56. The maximum absolute atomic E-state index is 9.56. The molecule has 0 amide bonds. The van der Waals surface area contributed by atoms with E-state index in [0.29, 0.717) is 0 Å². The van der Waals surface area contributed by atoms with E-state index < -0.39 is 21.6 Å². The molecule has 0 aromatic carbocycles. The molecular weight excluding hydrogens is 224 g/mol. The monoisotopic (exact) mass is 248 g/mol. The van der Waals surface area contributed by atoms with Crippen molar-refractivity contribution < 1.29 is 18.6 Å². The molecule has 0 radical (unpaired) electrons. The van der Waals surface area contributed by atoms with Crippen molar-refractivity contribution in [1.29, 1.82) is 0 Å². The molecule has 0 rings (SSSR count). The number of rotatable bonds is 0. The van der Waals surface area contributed by atoms with Gasteiger partial charge in [-0.2, -0.15) is 0 Å². The summed E-state index contributed by atoms with van der Waals surface area (Å²) in [6.45, 7) is 3.86. The summed E-state index contributed by atoms with van der Waals surface area (Å²) in [6.07, 6.45) is 6.56. The van der Waals surface area contributed by atoms with E-state index in [1.807, 2.05) is 0 Å². The lowest BCUT2D eigenvalue weighted by Crippen LogP contribution is -1.70. The van der Waals surface area contributed by atoms with Gasteiger partial charge < -0.3 is 10.2 Å². The van der Waals surface area contributed by atoms with Crippen LogP contribution in [0, 0.1) is 0 Å². The van der Waals surface area contributed by atoms with Crippen LogP contribution < -0.4 is 0 Å². The Morgan fingerprint density at radius 3 is 0.786 bits per heavy atom. The summed E-state index contributed by atoms with van der Waals surface area (Å²) in [6, 6.07) is 0. The molecular formula is C8H24O4S2. The van der Waals surface area contributed by atoms with Gasteiger partial charge in [0.25, 0.3) is 0 Å². The summed E-state index contributed by atoms with van der Waals surface area (Å²) < 4.78 is 19.1. The molecule has 0 aromatic heterocycles. The number of hydrogen-bond acceptors (Lipinski definition) is 4. The van der Waals surface area contributed by atoms with Crippen LogP contribution in [0.5, 0.6) is 0 Å². The van der Waals surface area contributed by atoms with Crippen LogP contribution in [-0.4, -0.2) is 56.9 Å². The van der Waals surface area contributed by atoms with Crippen LogP contribution in [0.25, 0.3) is 0 Å².